The van der Waals surface area contributed by atoms with Gasteiger partial charge in [0.15, 0.2) is 5.13 Å². The molecule has 146 valence electrons. The number of amides is 1. The van der Waals surface area contributed by atoms with Gasteiger partial charge in [0.05, 0.1) is 16.1 Å². The molecular formula is C23H20ClN3OS. The first-order valence-corrected chi connectivity index (χ1v) is 10.9. The molecule has 0 bridgehead atoms. The SMILES string of the molecule is O=C(Cc1cccc2ccccc12)N1CCN(c2nc3c(Cl)cccc3s2)CC1. The lowest BCUT2D eigenvalue weighted by molar-refractivity contribution is -0.130. The van der Waals surface area contributed by atoms with Gasteiger partial charge in [-0.05, 0) is 28.5 Å². The van der Waals surface area contributed by atoms with Gasteiger partial charge in [0.2, 0.25) is 5.91 Å². The standard InChI is InChI=1S/C23H20ClN3OS/c24-19-9-4-10-20-22(19)25-23(29-20)27-13-11-26(12-14-27)21(28)15-17-7-3-6-16-5-1-2-8-18(16)17/h1-10H,11-15H2. The number of benzene rings is 3. The summed E-state index contributed by atoms with van der Waals surface area (Å²) in [6.07, 6.45) is 0.443. The molecule has 0 N–H and O–H groups in total. The lowest BCUT2D eigenvalue weighted by Crippen LogP contribution is -2.49. The molecule has 2 heterocycles. The molecular weight excluding hydrogens is 402 g/mol. The summed E-state index contributed by atoms with van der Waals surface area (Å²) in [6.45, 7) is 3.01. The van der Waals surface area contributed by atoms with Crippen molar-refractivity contribution in [3.05, 3.63) is 71.2 Å². The van der Waals surface area contributed by atoms with Gasteiger partial charge >= 0.3 is 0 Å². The number of nitrogens with zero attached hydrogens (tertiary/aromatic N) is 3. The van der Waals surface area contributed by atoms with Gasteiger partial charge in [0.25, 0.3) is 0 Å². The van der Waals surface area contributed by atoms with Gasteiger partial charge < -0.3 is 9.80 Å². The fraction of sp³-hybridized carbons (Fsp3) is 0.217. The van der Waals surface area contributed by atoms with Gasteiger partial charge in [0, 0.05) is 26.2 Å². The molecule has 0 aliphatic carbocycles. The second-order valence-electron chi connectivity index (χ2n) is 7.27. The smallest absolute Gasteiger partial charge is 0.227 e. The van der Waals surface area contributed by atoms with Gasteiger partial charge in [-0.1, -0.05) is 71.5 Å². The summed E-state index contributed by atoms with van der Waals surface area (Å²) in [5, 5.41) is 4.01. The maximum absolute atomic E-state index is 12.9. The van der Waals surface area contributed by atoms with E-state index >= 15 is 0 Å². The van der Waals surface area contributed by atoms with Crippen LogP contribution in [-0.2, 0) is 11.2 Å². The van der Waals surface area contributed by atoms with Gasteiger partial charge in [-0.2, -0.15) is 0 Å². The van der Waals surface area contributed by atoms with Gasteiger partial charge in [-0.15, -0.1) is 0 Å². The number of rotatable bonds is 3. The molecule has 6 heteroatoms. The molecule has 0 atom stereocenters. The summed E-state index contributed by atoms with van der Waals surface area (Å²) < 4.78 is 1.10. The minimum Gasteiger partial charge on any atom is -0.345 e. The number of carbonyl (C=O) groups is 1. The van der Waals surface area contributed by atoms with Crippen LogP contribution < -0.4 is 4.90 Å². The summed E-state index contributed by atoms with van der Waals surface area (Å²) in [7, 11) is 0. The van der Waals surface area contributed by atoms with Gasteiger partial charge in [-0.3, -0.25) is 4.79 Å². The van der Waals surface area contributed by atoms with E-state index in [1.165, 1.54) is 5.39 Å². The van der Waals surface area contributed by atoms with E-state index in [0.717, 1.165) is 39.4 Å². The van der Waals surface area contributed by atoms with Crippen molar-refractivity contribution in [1.29, 1.82) is 0 Å². The number of thiazole rings is 1. The highest BCUT2D eigenvalue weighted by atomic mass is 35.5. The van der Waals surface area contributed by atoms with Crippen LogP contribution in [-0.4, -0.2) is 42.0 Å². The second kappa shape index (κ2) is 7.65. The highest BCUT2D eigenvalue weighted by Gasteiger charge is 2.23. The van der Waals surface area contributed by atoms with Crippen LogP contribution in [0.1, 0.15) is 5.56 Å². The summed E-state index contributed by atoms with van der Waals surface area (Å²) in [5.41, 5.74) is 1.96. The van der Waals surface area contributed by atoms with Gasteiger partial charge in [-0.25, -0.2) is 4.98 Å². The van der Waals surface area contributed by atoms with Crippen molar-refractivity contribution < 1.29 is 4.79 Å². The van der Waals surface area contributed by atoms with E-state index in [9.17, 15) is 4.79 Å². The zero-order valence-electron chi connectivity index (χ0n) is 15.8. The number of piperazine rings is 1. The zero-order valence-corrected chi connectivity index (χ0v) is 17.4. The highest BCUT2D eigenvalue weighted by Crippen LogP contribution is 2.33. The molecule has 4 aromatic rings. The molecule has 1 aromatic heterocycles. The summed E-state index contributed by atoms with van der Waals surface area (Å²) in [6, 6.07) is 20.3. The van der Waals surface area contributed by atoms with Crippen molar-refractivity contribution in [3.8, 4) is 0 Å². The van der Waals surface area contributed by atoms with Crippen molar-refractivity contribution in [2.75, 3.05) is 31.1 Å². The third-order valence-electron chi connectivity index (χ3n) is 5.48. The Hall–Kier alpha value is -2.63. The first-order valence-electron chi connectivity index (χ1n) is 9.73. The van der Waals surface area contributed by atoms with E-state index in [2.05, 4.69) is 29.2 Å². The molecule has 1 fully saturated rings. The average molecular weight is 422 g/mol. The monoisotopic (exact) mass is 421 g/mol. The lowest BCUT2D eigenvalue weighted by atomic mass is 10.0. The van der Waals surface area contributed by atoms with Crippen LogP contribution in [0, 0.1) is 0 Å². The predicted octanol–water partition coefficient (Wildman–Crippen LogP) is 4.99. The second-order valence-corrected chi connectivity index (χ2v) is 8.68. The molecule has 5 rings (SSSR count). The van der Waals surface area contributed by atoms with Crippen LogP contribution in [0.25, 0.3) is 21.0 Å². The predicted molar refractivity (Wildman–Crippen MR) is 121 cm³/mol. The van der Waals surface area contributed by atoms with Gasteiger partial charge in [0.1, 0.15) is 5.52 Å². The van der Waals surface area contributed by atoms with E-state index in [1.807, 2.05) is 41.3 Å². The van der Waals surface area contributed by atoms with E-state index < -0.39 is 0 Å². The van der Waals surface area contributed by atoms with Crippen molar-refractivity contribution >= 4 is 55.0 Å². The molecule has 1 amide bonds. The number of anilines is 1. The molecule has 1 aliphatic heterocycles. The minimum atomic E-state index is 0.188. The number of aromatic nitrogens is 1. The van der Waals surface area contributed by atoms with Crippen LogP contribution in [0.2, 0.25) is 5.02 Å². The molecule has 29 heavy (non-hydrogen) atoms. The normalized spacial score (nSPS) is 14.7. The van der Waals surface area contributed by atoms with Crippen molar-refractivity contribution in [2.45, 2.75) is 6.42 Å². The fourth-order valence-corrected chi connectivity index (χ4v) is 5.22. The molecule has 3 aromatic carbocycles. The largest absolute Gasteiger partial charge is 0.345 e. The molecule has 0 radical (unpaired) electrons. The Bertz CT molecular complexity index is 1190. The summed E-state index contributed by atoms with van der Waals surface area (Å²) in [4.78, 5) is 21.9. The topological polar surface area (TPSA) is 36.4 Å². The van der Waals surface area contributed by atoms with Crippen LogP contribution in [0.5, 0.6) is 0 Å². The third kappa shape index (κ3) is 3.56. The molecule has 1 saturated heterocycles. The Kier molecular flexibility index (Phi) is 4.86. The average Bonchev–Trinajstić information content (AvgIpc) is 3.20. The number of carbonyl (C=O) groups excluding carboxylic acids is 1. The van der Waals surface area contributed by atoms with Crippen molar-refractivity contribution in [1.82, 2.24) is 9.88 Å². The van der Waals surface area contributed by atoms with E-state index in [0.29, 0.717) is 24.5 Å². The fourth-order valence-electron chi connectivity index (χ4n) is 3.91. The first-order chi connectivity index (χ1) is 14.2. The maximum atomic E-state index is 12.9. The summed E-state index contributed by atoms with van der Waals surface area (Å²) >= 11 is 7.92. The van der Waals surface area contributed by atoms with Crippen LogP contribution in [0.4, 0.5) is 5.13 Å². The Morgan fingerprint density at radius 2 is 1.72 bits per heavy atom. The van der Waals surface area contributed by atoms with E-state index in [-0.39, 0.29) is 5.91 Å². The number of fused-ring (bicyclic) bond motifs is 2. The van der Waals surface area contributed by atoms with Crippen LogP contribution >= 0.6 is 22.9 Å². The maximum Gasteiger partial charge on any atom is 0.227 e. The highest BCUT2D eigenvalue weighted by molar-refractivity contribution is 7.22. The van der Waals surface area contributed by atoms with Crippen LogP contribution in [0.15, 0.2) is 60.7 Å². The Labute approximate surface area is 178 Å². The Balaban J connectivity index is 1.27. The number of halogens is 1. The molecule has 0 saturated carbocycles. The number of hydrogen-bond donors (Lipinski definition) is 0. The summed E-state index contributed by atoms with van der Waals surface area (Å²) in [5.74, 6) is 0.188. The van der Waals surface area contributed by atoms with Crippen molar-refractivity contribution in [2.24, 2.45) is 0 Å². The Morgan fingerprint density at radius 1 is 0.966 bits per heavy atom. The van der Waals surface area contributed by atoms with Crippen LogP contribution in [0.3, 0.4) is 0 Å². The zero-order chi connectivity index (χ0) is 19.8. The first kappa shape index (κ1) is 18.4. The van der Waals surface area contributed by atoms with E-state index in [4.69, 9.17) is 16.6 Å². The molecule has 1 aliphatic rings. The number of para-hydroxylation sites is 1. The quantitative estimate of drug-likeness (QED) is 0.467. The third-order valence-corrected chi connectivity index (χ3v) is 6.87. The lowest BCUT2D eigenvalue weighted by Gasteiger charge is -2.34. The number of hydrogen-bond acceptors (Lipinski definition) is 4. The van der Waals surface area contributed by atoms with E-state index in [1.54, 1.807) is 11.3 Å². The minimum absolute atomic E-state index is 0.188. The molecule has 0 spiro atoms. The Morgan fingerprint density at radius 3 is 2.55 bits per heavy atom. The molecule has 0 unspecified atom stereocenters. The van der Waals surface area contributed by atoms with Crippen molar-refractivity contribution in [3.63, 3.8) is 0 Å². The molecule has 4 nitrogen and oxygen atoms in total.